The Labute approximate surface area is 174 Å². The SMILES string of the molecule is CC1(C)Cc2c(sc(NC(=O)COC(=O)CCc3ccco3)c2C#N)C(C)(C)[NH2+]1. The number of furan rings is 1. The molecule has 0 saturated heterocycles. The van der Waals surface area contributed by atoms with Crippen molar-refractivity contribution in [3.8, 4) is 6.07 Å². The fourth-order valence-electron chi connectivity index (χ4n) is 3.97. The van der Waals surface area contributed by atoms with E-state index in [4.69, 9.17) is 9.15 Å². The first-order chi connectivity index (χ1) is 13.6. The Bertz CT molecular complexity index is 951. The van der Waals surface area contributed by atoms with E-state index in [1.54, 1.807) is 18.4 Å². The van der Waals surface area contributed by atoms with Crippen molar-refractivity contribution in [2.75, 3.05) is 11.9 Å². The monoisotopic (exact) mass is 416 g/mol. The molecular formula is C21H26N3O4S+. The number of nitrogens with zero attached hydrogens (tertiary/aromatic N) is 1. The van der Waals surface area contributed by atoms with E-state index in [2.05, 4.69) is 44.4 Å². The highest BCUT2D eigenvalue weighted by atomic mass is 32.1. The molecule has 0 aliphatic carbocycles. The summed E-state index contributed by atoms with van der Waals surface area (Å²) in [7, 11) is 0. The normalized spacial score (nSPS) is 16.5. The maximum Gasteiger partial charge on any atom is 0.306 e. The number of carbonyl (C=O) groups is 2. The van der Waals surface area contributed by atoms with Crippen LogP contribution in [0.15, 0.2) is 22.8 Å². The number of fused-ring (bicyclic) bond motifs is 1. The van der Waals surface area contributed by atoms with Crippen LogP contribution >= 0.6 is 11.3 Å². The molecule has 1 amide bonds. The summed E-state index contributed by atoms with van der Waals surface area (Å²) in [6, 6.07) is 5.78. The largest absolute Gasteiger partial charge is 0.469 e. The second-order valence-electron chi connectivity index (χ2n) is 8.55. The number of aryl methyl sites for hydroxylation is 1. The number of ether oxygens (including phenoxy) is 1. The third kappa shape index (κ3) is 4.86. The van der Waals surface area contributed by atoms with Gasteiger partial charge >= 0.3 is 5.97 Å². The minimum absolute atomic E-state index is 0.0338. The lowest BCUT2D eigenvalue weighted by molar-refractivity contribution is -0.789. The van der Waals surface area contributed by atoms with Crippen LogP contribution in [-0.4, -0.2) is 24.0 Å². The summed E-state index contributed by atoms with van der Waals surface area (Å²) in [4.78, 5) is 25.2. The zero-order valence-corrected chi connectivity index (χ0v) is 17.9. The van der Waals surface area contributed by atoms with Crippen LogP contribution in [0.1, 0.15) is 55.9 Å². The second-order valence-corrected chi connectivity index (χ2v) is 9.57. The molecule has 0 fully saturated rings. The van der Waals surface area contributed by atoms with Gasteiger partial charge in [-0.25, -0.2) is 0 Å². The smallest absolute Gasteiger partial charge is 0.306 e. The molecule has 8 heteroatoms. The molecule has 1 aliphatic heterocycles. The van der Waals surface area contributed by atoms with Crippen molar-refractivity contribution in [1.29, 1.82) is 5.26 Å². The van der Waals surface area contributed by atoms with Crippen molar-refractivity contribution in [2.45, 2.75) is 58.0 Å². The minimum atomic E-state index is -0.472. The van der Waals surface area contributed by atoms with Crippen LogP contribution < -0.4 is 10.6 Å². The fraction of sp³-hybridized carbons (Fsp3) is 0.476. The maximum atomic E-state index is 12.3. The fourth-order valence-corrected chi connectivity index (χ4v) is 5.23. The van der Waals surface area contributed by atoms with Crippen LogP contribution in [0.5, 0.6) is 0 Å². The number of nitriles is 1. The van der Waals surface area contributed by atoms with Gasteiger partial charge in [0.05, 0.1) is 28.7 Å². The molecule has 1 aliphatic rings. The Balaban J connectivity index is 1.63. The molecular weight excluding hydrogens is 390 g/mol. The molecule has 0 unspecified atom stereocenters. The lowest BCUT2D eigenvalue weighted by Gasteiger charge is -2.38. The van der Waals surface area contributed by atoms with Gasteiger partial charge in [0, 0.05) is 12.8 Å². The first-order valence-corrected chi connectivity index (χ1v) is 10.3. The molecule has 3 rings (SSSR count). The molecule has 7 nitrogen and oxygen atoms in total. The van der Waals surface area contributed by atoms with Crippen LogP contribution in [0.3, 0.4) is 0 Å². The number of anilines is 1. The minimum Gasteiger partial charge on any atom is -0.469 e. The predicted octanol–water partition coefficient (Wildman–Crippen LogP) is 2.46. The highest BCUT2D eigenvalue weighted by molar-refractivity contribution is 7.16. The number of quaternary nitrogens is 1. The van der Waals surface area contributed by atoms with Crippen molar-refractivity contribution in [1.82, 2.24) is 0 Å². The Morgan fingerprint density at radius 3 is 2.79 bits per heavy atom. The molecule has 0 atom stereocenters. The van der Waals surface area contributed by atoms with Gasteiger partial charge in [-0.1, -0.05) is 0 Å². The molecule has 2 aromatic rings. The average Bonchev–Trinajstić information content (AvgIpc) is 3.24. The van der Waals surface area contributed by atoms with Gasteiger partial charge in [0.25, 0.3) is 5.91 Å². The van der Waals surface area contributed by atoms with Gasteiger partial charge in [0.2, 0.25) is 0 Å². The zero-order chi connectivity index (χ0) is 21.2. The van der Waals surface area contributed by atoms with Crippen molar-refractivity contribution >= 4 is 28.2 Å². The van der Waals surface area contributed by atoms with Gasteiger partial charge in [-0.2, -0.15) is 5.26 Å². The van der Waals surface area contributed by atoms with Gasteiger partial charge in [-0.05, 0) is 45.4 Å². The summed E-state index contributed by atoms with van der Waals surface area (Å²) < 4.78 is 10.2. The number of esters is 1. The molecule has 3 heterocycles. The van der Waals surface area contributed by atoms with Gasteiger partial charge < -0.3 is 19.8 Å². The van der Waals surface area contributed by atoms with E-state index in [1.165, 1.54) is 11.3 Å². The van der Waals surface area contributed by atoms with E-state index in [0.29, 0.717) is 22.7 Å². The summed E-state index contributed by atoms with van der Waals surface area (Å²) in [6.45, 7) is 8.16. The Kier molecular flexibility index (Phi) is 5.82. The van der Waals surface area contributed by atoms with Crippen LogP contribution in [0.2, 0.25) is 0 Å². The summed E-state index contributed by atoms with van der Waals surface area (Å²) in [5.41, 5.74) is 1.29. The highest BCUT2D eigenvalue weighted by Gasteiger charge is 2.44. The van der Waals surface area contributed by atoms with Crippen LogP contribution in [0, 0.1) is 11.3 Å². The van der Waals surface area contributed by atoms with Crippen LogP contribution in [0.25, 0.3) is 0 Å². The predicted molar refractivity (Wildman–Crippen MR) is 108 cm³/mol. The standard InChI is InChI=1S/C21H25N3O4S/c1-20(2)10-14-15(11-22)19(29-18(14)21(3,4)24-20)23-16(25)12-28-17(26)8-7-13-6-5-9-27-13/h5-6,9,24H,7-8,10,12H2,1-4H3,(H,23,25)/p+1. The molecule has 29 heavy (non-hydrogen) atoms. The zero-order valence-electron chi connectivity index (χ0n) is 17.1. The first kappa shape index (κ1) is 21.1. The topological polar surface area (TPSA) is 109 Å². The molecule has 154 valence electrons. The third-order valence-electron chi connectivity index (χ3n) is 4.86. The van der Waals surface area contributed by atoms with E-state index in [9.17, 15) is 14.9 Å². The van der Waals surface area contributed by atoms with E-state index in [1.807, 2.05) is 0 Å². The van der Waals surface area contributed by atoms with Gasteiger partial charge in [0.15, 0.2) is 6.61 Å². The highest BCUT2D eigenvalue weighted by Crippen LogP contribution is 2.41. The van der Waals surface area contributed by atoms with Crippen LogP contribution in [0.4, 0.5) is 5.00 Å². The van der Waals surface area contributed by atoms with E-state index in [-0.39, 0.29) is 24.1 Å². The number of hydrogen-bond acceptors (Lipinski definition) is 6. The number of nitrogens with two attached hydrogens (primary N) is 1. The van der Waals surface area contributed by atoms with Crippen molar-refractivity contribution < 1.29 is 24.1 Å². The van der Waals surface area contributed by atoms with E-state index >= 15 is 0 Å². The number of amides is 1. The lowest BCUT2D eigenvalue weighted by Crippen LogP contribution is -3.03. The third-order valence-corrected chi connectivity index (χ3v) is 6.35. The van der Waals surface area contributed by atoms with Crippen LogP contribution in [-0.2, 0) is 32.7 Å². The van der Waals surface area contributed by atoms with Gasteiger partial charge in [-0.3, -0.25) is 9.59 Å². The summed E-state index contributed by atoms with van der Waals surface area (Å²) in [5.74, 6) is -0.232. The van der Waals surface area contributed by atoms with Crippen molar-refractivity contribution in [3.05, 3.63) is 40.2 Å². The number of rotatable bonds is 6. The number of nitrogens with one attached hydrogen (secondary N) is 1. The van der Waals surface area contributed by atoms with Crippen molar-refractivity contribution in [3.63, 3.8) is 0 Å². The van der Waals surface area contributed by atoms with Crippen molar-refractivity contribution in [2.24, 2.45) is 0 Å². The Hall–Kier alpha value is -2.63. The molecule has 0 radical (unpaired) electrons. The molecule has 0 aromatic carbocycles. The summed E-state index contributed by atoms with van der Waals surface area (Å²) in [6.07, 6.45) is 2.85. The summed E-state index contributed by atoms with van der Waals surface area (Å²) in [5, 5.41) is 15.3. The number of hydrogen-bond donors (Lipinski definition) is 2. The lowest BCUT2D eigenvalue weighted by atomic mass is 9.81. The van der Waals surface area contributed by atoms with Gasteiger partial charge in [-0.15, -0.1) is 11.3 Å². The Morgan fingerprint density at radius 2 is 2.14 bits per heavy atom. The second kappa shape index (κ2) is 8.01. The van der Waals surface area contributed by atoms with E-state index < -0.39 is 11.9 Å². The average molecular weight is 417 g/mol. The maximum absolute atomic E-state index is 12.3. The molecule has 0 saturated carbocycles. The molecule has 2 aromatic heterocycles. The van der Waals surface area contributed by atoms with Gasteiger partial charge in [0.1, 0.15) is 22.4 Å². The molecule has 0 spiro atoms. The molecule has 3 N–H and O–H groups in total. The molecule has 0 bridgehead atoms. The first-order valence-electron chi connectivity index (χ1n) is 9.52. The number of thiophene rings is 1. The quantitative estimate of drug-likeness (QED) is 0.703. The Morgan fingerprint density at radius 1 is 1.38 bits per heavy atom. The number of carbonyl (C=O) groups excluding carboxylic acids is 2. The summed E-state index contributed by atoms with van der Waals surface area (Å²) >= 11 is 1.43. The van der Waals surface area contributed by atoms with E-state index in [0.717, 1.165) is 16.9 Å².